The average molecular weight is 267 g/mol. The molecule has 6 heteroatoms. The van der Waals surface area contributed by atoms with Crippen molar-refractivity contribution in [3.05, 3.63) is 35.6 Å². The lowest BCUT2D eigenvalue weighted by atomic mass is 10.1. The average Bonchev–Trinajstić information content (AvgIpc) is 2.64. The zero-order valence-corrected chi connectivity index (χ0v) is 11.1. The molecule has 0 spiro atoms. The van der Waals surface area contributed by atoms with Gasteiger partial charge in [-0.15, -0.1) is 0 Å². The zero-order chi connectivity index (χ0) is 14.1. The second kappa shape index (κ2) is 8.47. The normalized spacial score (nSPS) is 14.7. The summed E-state index contributed by atoms with van der Waals surface area (Å²) in [6.45, 7) is 1.82. The summed E-state index contributed by atoms with van der Waals surface area (Å²) in [5, 5.41) is 8.79. The lowest BCUT2D eigenvalue weighted by Crippen LogP contribution is -2.32. The van der Waals surface area contributed by atoms with Gasteiger partial charge in [-0.2, -0.15) is 0 Å². The first-order chi connectivity index (χ1) is 9.19. The van der Waals surface area contributed by atoms with Crippen LogP contribution in [0, 0.1) is 0 Å². The van der Waals surface area contributed by atoms with Gasteiger partial charge in [0, 0.05) is 13.1 Å². The van der Waals surface area contributed by atoms with Gasteiger partial charge in [0.05, 0.1) is 12.2 Å². The third-order valence-electron chi connectivity index (χ3n) is 2.73. The van der Waals surface area contributed by atoms with Crippen molar-refractivity contribution in [1.29, 1.82) is 0 Å². The minimum atomic E-state index is -0.338. The number of likely N-dealkylation sites (N-methyl/N-ethyl adjacent to an activating group) is 1. The van der Waals surface area contributed by atoms with Gasteiger partial charge in [0.1, 0.15) is 12.4 Å². The molecule has 0 saturated carbocycles. The Kier molecular flexibility index (Phi) is 6.88. The van der Waals surface area contributed by atoms with Gasteiger partial charge in [-0.05, 0) is 19.5 Å². The lowest BCUT2D eigenvalue weighted by molar-refractivity contribution is -0.117. The van der Waals surface area contributed by atoms with Crippen LogP contribution in [-0.4, -0.2) is 49.3 Å². The standard InChI is InChI=1S/C13H21N3O3/c1-16(7-9-17)8-10-19-12-6-4-2-3-5-11(12)13(18)15-14/h2-4,6,17H,5,7-10,14H2,1H3,(H,15,18). The van der Waals surface area contributed by atoms with E-state index in [0.29, 0.717) is 37.4 Å². The summed E-state index contributed by atoms with van der Waals surface area (Å²) < 4.78 is 5.63. The van der Waals surface area contributed by atoms with E-state index in [-0.39, 0.29) is 12.5 Å². The number of nitrogens with two attached hydrogens (primary N) is 1. The Bertz CT molecular complexity index is 389. The van der Waals surface area contributed by atoms with Crippen LogP contribution in [0.2, 0.25) is 0 Å². The number of amides is 1. The number of nitrogens with one attached hydrogen (secondary N) is 1. The molecule has 106 valence electrons. The number of rotatable bonds is 7. The van der Waals surface area contributed by atoms with Crippen molar-refractivity contribution in [3.63, 3.8) is 0 Å². The van der Waals surface area contributed by atoms with Crippen LogP contribution in [0.5, 0.6) is 0 Å². The maximum Gasteiger partial charge on any atom is 0.265 e. The Morgan fingerprint density at radius 1 is 1.53 bits per heavy atom. The van der Waals surface area contributed by atoms with E-state index in [1.165, 1.54) is 0 Å². The molecule has 1 amide bonds. The van der Waals surface area contributed by atoms with E-state index in [4.69, 9.17) is 15.7 Å². The van der Waals surface area contributed by atoms with Gasteiger partial charge in [-0.25, -0.2) is 5.84 Å². The van der Waals surface area contributed by atoms with Crippen molar-refractivity contribution in [2.45, 2.75) is 6.42 Å². The summed E-state index contributed by atoms with van der Waals surface area (Å²) in [6, 6.07) is 0. The van der Waals surface area contributed by atoms with Crippen LogP contribution >= 0.6 is 0 Å². The van der Waals surface area contributed by atoms with Crippen LogP contribution in [0.15, 0.2) is 35.6 Å². The molecule has 1 aliphatic carbocycles. The highest BCUT2D eigenvalue weighted by Crippen LogP contribution is 2.16. The first kappa shape index (κ1) is 15.4. The molecule has 4 N–H and O–H groups in total. The first-order valence-electron chi connectivity index (χ1n) is 6.18. The Morgan fingerprint density at radius 2 is 2.32 bits per heavy atom. The van der Waals surface area contributed by atoms with E-state index in [2.05, 4.69) is 5.43 Å². The highest BCUT2D eigenvalue weighted by atomic mass is 16.5. The number of allylic oxidation sites excluding steroid dienone is 4. The van der Waals surface area contributed by atoms with Crippen molar-refractivity contribution in [1.82, 2.24) is 10.3 Å². The Morgan fingerprint density at radius 3 is 3.00 bits per heavy atom. The smallest absolute Gasteiger partial charge is 0.265 e. The molecule has 0 aliphatic heterocycles. The van der Waals surface area contributed by atoms with Gasteiger partial charge in [-0.3, -0.25) is 10.2 Å². The number of carbonyl (C=O) groups is 1. The second-order valence-electron chi connectivity index (χ2n) is 4.18. The molecule has 0 aromatic heterocycles. The fraction of sp³-hybridized carbons (Fsp3) is 0.462. The molecular weight excluding hydrogens is 246 g/mol. The number of carbonyl (C=O) groups excluding carboxylic acids is 1. The molecule has 0 aromatic carbocycles. The van der Waals surface area contributed by atoms with E-state index in [1.807, 2.05) is 30.2 Å². The Hall–Kier alpha value is -1.63. The minimum Gasteiger partial charge on any atom is -0.492 e. The molecule has 0 saturated heterocycles. The van der Waals surface area contributed by atoms with Crippen LogP contribution in [0.3, 0.4) is 0 Å². The summed E-state index contributed by atoms with van der Waals surface area (Å²) in [6.07, 6.45) is 7.79. The molecule has 0 radical (unpaired) electrons. The largest absolute Gasteiger partial charge is 0.492 e. The van der Waals surface area contributed by atoms with Gasteiger partial charge < -0.3 is 14.7 Å². The number of hydrogen-bond acceptors (Lipinski definition) is 5. The molecule has 0 atom stereocenters. The summed E-state index contributed by atoms with van der Waals surface area (Å²) in [7, 11) is 1.89. The van der Waals surface area contributed by atoms with Gasteiger partial charge in [0.15, 0.2) is 0 Å². The minimum absolute atomic E-state index is 0.115. The van der Waals surface area contributed by atoms with E-state index in [0.717, 1.165) is 0 Å². The first-order valence-corrected chi connectivity index (χ1v) is 6.18. The predicted octanol–water partition coefficient (Wildman–Crippen LogP) is -0.313. The van der Waals surface area contributed by atoms with Gasteiger partial charge in [0.2, 0.25) is 0 Å². The number of hydrogen-bond donors (Lipinski definition) is 3. The quantitative estimate of drug-likeness (QED) is 0.334. The molecule has 6 nitrogen and oxygen atoms in total. The van der Waals surface area contributed by atoms with Gasteiger partial charge in [0.25, 0.3) is 5.91 Å². The fourth-order valence-electron chi connectivity index (χ4n) is 1.63. The molecule has 1 aliphatic rings. The van der Waals surface area contributed by atoms with E-state index >= 15 is 0 Å². The fourth-order valence-corrected chi connectivity index (χ4v) is 1.63. The lowest BCUT2D eigenvalue weighted by Gasteiger charge is -2.16. The van der Waals surface area contributed by atoms with Gasteiger partial charge >= 0.3 is 0 Å². The number of nitrogens with zero attached hydrogens (tertiary/aromatic N) is 1. The number of hydrazine groups is 1. The summed E-state index contributed by atoms with van der Waals surface area (Å²) in [5.41, 5.74) is 2.64. The van der Waals surface area contributed by atoms with Crippen molar-refractivity contribution in [2.75, 3.05) is 33.4 Å². The molecule has 0 bridgehead atoms. The molecular formula is C13H21N3O3. The SMILES string of the molecule is CN(CCO)CCOC1=C(C(=O)NN)CC=CC=C1. The van der Waals surface area contributed by atoms with Crippen LogP contribution in [0.1, 0.15) is 6.42 Å². The Labute approximate surface area is 113 Å². The number of aliphatic hydroxyl groups is 1. The van der Waals surface area contributed by atoms with Crippen molar-refractivity contribution in [3.8, 4) is 0 Å². The highest BCUT2D eigenvalue weighted by Gasteiger charge is 2.14. The Balaban J connectivity index is 2.60. The van der Waals surface area contributed by atoms with Crippen molar-refractivity contribution < 1.29 is 14.6 Å². The maximum atomic E-state index is 11.6. The third kappa shape index (κ3) is 5.25. The van der Waals surface area contributed by atoms with Crippen LogP contribution in [0.25, 0.3) is 0 Å². The molecule has 0 heterocycles. The molecule has 0 aromatic rings. The summed E-state index contributed by atoms with van der Waals surface area (Å²) >= 11 is 0. The number of ether oxygens (including phenoxy) is 1. The molecule has 19 heavy (non-hydrogen) atoms. The van der Waals surface area contributed by atoms with Crippen LogP contribution in [0.4, 0.5) is 0 Å². The van der Waals surface area contributed by atoms with Crippen LogP contribution in [-0.2, 0) is 9.53 Å². The van der Waals surface area contributed by atoms with E-state index in [9.17, 15) is 4.79 Å². The topological polar surface area (TPSA) is 87.8 Å². The molecule has 1 rings (SSSR count). The van der Waals surface area contributed by atoms with Crippen molar-refractivity contribution >= 4 is 5.91 Å². The molecule has 0 fully saturated rings. The summed E-state index contributed by atoms with van der Waals surface area (Å²) in [4.78, 5) is 13.6. The maximum absolute atomic E-state index is 11.6. The second-order valence-corrected chi connectivity index (χ2v) is 4.18. The van der Waals surface area contributed by atoms with E-state index < -0.39 is 0 Å². The van der Waals surface area contributed by atoms with E-state index in [1.54, 1.807) is 6.08 Å². The highest BCUT2D eigenvalue weighted by molar-refractivity contribution is 5.94. The monoisotopic (exact) mass is 267 g/mol. The number of aliphatic hydroxyl groups excluding tert-OH is 1. The van der Waals surface area contributed by atoms with Crippen molar-refractivity contribution in [2.24, 2.45) is 5.84 Å². The molecule has 0 unspecified atom stereocenters. The zero-order valence-electron chi connectivity index (χ0n) is 11.1. The summed E-state index contributed by atoms with van der Waals surface area (Å²) in [5.74, 6) is 5.35. The third-order valence-corrected chi connectivity index (χ3v) is 2.73. The predicted molar refractivity (Wildman–Crippen MR) is 72.8 cm³/mol. The van der Waals surface area contributed by atoms with Crippen LogP contribution < -0.4 is 11.3 Å². The van der Waals surface area contributed by atoms with Gasteiger partial charge in [-0.1, -0.05) is 18.2 Å².